The summed E-state index contributed by atoms with van der Waals surface area (Å²) in [6.07, 6.45) is 5.12. The Morgan fingerprint density at radius 1 is 1.28 bits per heavy atom. The van der Waals surface area contributed by atoms with Crippen LogP contribution in [0.5, 0.6) is 0 Å². The molecule has 0 N–H and O–H groups in total. The molecule has 1 saturated carbocycles. The van der Waals surface area contributed by atoms with E-state index < -0.39 is 0 Å². The van der Waals surface area contributed by atoms with E-state index in [0.29, 0.717) is 9.21 Å². The summed E-state index contributed by atoms with van der Waals surface area (Å²) in [5.74, 6) is -0.430. The summed E-state index contributed by atoms with van der Waals surface area (Å²) in [6.45, 7) is -0.174. The third kappa shape index (κ3) is 3.56. The first-order chi connectivity index (χ1) is 8.66. The molecule has 0 unspecified atom stereocenters. The van der Waals surface area contributed by atoms with Gasteiger partial charge in [0.05, 0.1) is 15.1 Å². The van der Waals surface area contributed by atoms with E-state index in [9.17, 15) is 9.59 Å². The number of rotatable bonds is 4. The van der Waals surface area contributed by atoms with Gasteiger partial charge in [0.2, 0.25) is 5.78 Å². The van der Waals surface area contributed by atoms with Gasteiger partial charge in [-0.1, -0.05) is 30.9 Å². The normalized spacial score (nSPS) is 16.5. The smallest absolute Gasteiger partial charge is 0.309 e. The van der Waals surface area contributed by atoms with Gasteiger partial charge in [-0.15, -0.1) is 11.3 Å². The molecule has 0 amide bonds. The van der Waals surface area contributed by atoms with Crippen molar-refractivity contribution in [3.63, 3.8) is 0 Å². The minimum Gasteiger partial charge on any atom is -0.457 e. The molecule has 0 atom stereocenters. The summed E-state index contributed by atoms with van der Waals surface area (Å²) in [5.41, 5.74) is 0. The Kier molecular flexibility index (Phi) is 4.78. The molecule has 1 aromatic rings. The van der Waals surface area contributed by atoms with E-state index in [1.807, 2.05) is 0 Å². The summed E-state index contributed by atoms with van der Waals surface area (Å²) < 4.78 is 5.65. The van der Waals surface area contributed by atoms with Gasteiger partial charge in [0.1, 0.15) is 0 Å². The third-order valence-electron chi connectivity index (χ3n) is 3.13. The average Bonchev–Trinajstić information content (AvgIpc) is 2.83. The van der Waals surface area contributed by atoms with Gasteiger partial charge in [-0.25, -0.2) is 0 Å². The fourth-order valence-corrected chi connectivity index (χ4v) is 3.10. The van der Waals surface area contributed by atoms with E-state index in [0.717, 1.165) is 25.7 Å². The number of hydrogen-bond donors (Lipinski definition) is 0. The van der Waals surface area contributed by atoms with Crippen molar-refractivity contribution in [2.24, 2.45) is 5.92 Å². The van der Waals surface area contributed by atoms with Crippen molar-refractivity contribution < 1.29 is 14.3 Å². The Morgan fingerprint density at radius 3 is 2.61 bits per heavy atom. The van der Waals surface area contributed by atoms with Crippen molar-refractivity contribution in [2.45, 2.75) is 32.1 Å². The Morgan fingerprint density at radius 2 is 2.00 bits per heavy atom. The van der Waals surface area contributed by atoms with Crippen LogP contribution >= 0.6 is 22.9 Å². The Balaban J connectivity index is 1.80. The number of halogens is 1. The van der Waals surface area contributed by atoms with E-state index in [2.05, 4.69) is 0 Å². The molecule has 0 bridgehead atoms. The minimum absolute atomic E-state index is 0.0153. The first-order valence-electron chi connectivity index (χ1n) is 6.12. The van der Waals surface area contributed by atoms with Crippen molar-refractivity contribution in [2.75, 3.05) is 6.61 Å². The zero-order valence-corrected chi connectivity index (χ0v) is 11.6. The molecule has 1 fully saturated rings. The molecule has 1 aromatic heterocycles. The van der Waals surface area contributed by atoms with Crippen LogP contribution in [0.1, 0.15) is 41.8 Å². The lowest BCUT2D eigenvalue weighted by atomic mass is 9.89. The van der Waals surface area contributed by atoms with Crippen LogP contribution in [0, 0.1) is 5.92 Å². The monoisotopic (exact) mass is 286 g/mol. The fraction of sp³-hybridized carbons (Fsp3) is 0.538. The van der Waals surface area contributed by atoms with Crippen LogP contribution in [0.25, 0.3) is 0 Å². The van der Waals surface area contributed by atoms with Crippen LogP contribution in [0.3, 0.4) is 0 Å². The second-order valence-electron chi connectivity index (χ2n) is 4.47. The second kappa shape index (κ2) is 6.34. The van der Waals surface area contributed by atoms with Crippen molar-refractivity contribution >= 4 is 34.7 Å². The van der Waals surface area contributed by atoms with E-state index in [4.69, 9.17) is 16.3 Å². The molecule has 0 radical (unpaired) electrons. The van der Waals surface area contributed by atoms with Gasteiger partial charge in [0.15, 0.2) is 6.61 Å². The summed E-state index contributed by atoms with van der Waals surface area (Å²) in [7, 11) is 0. The lowest BCUT2D eigenvalue weighted by Crippen LogP contribution is -2.23. The van der Waals surface area contributed by atoms with Gasteiger partial charge in [-0.3, -0.25) is 9.59 Å². The van der Waals surface area contributed by atoms with Crippen molar-refractivity contribution in [1.29, 1.82) is 0 Å². The Labute approximate surface area is 115 Å². The summed E-state index contributed by atoms with van der Waals surface area (Å²) >= 11 is 6.96. The number of carbonyl (C=O) groups is 2. The number of hydrogen-bond acceptors (Lipinski definition) is 4. The van der Waals surface area contributed by atoms with Crippen LogP contribution in [0.15, 0.2) is 12.1 Å². The number of esters is 1. The van der Waals surface area contributed by atoms with Crippen molar-refractivity contribution in [3.8, 4) is 0 Å². The Hall–Kier alpha value is -0.870. The van der Waals surface area contributed by atoms with Gasteiger partial charge in [-0.05, 0) is 25.0 Å². The molecule has 1 aliphatic rings. The highest BCUT2D eigenvalue weighted by Gasteiger charge is 2.23. The van der Waals surface area contributed by atoms with Crippen molar-refractivity contribution in [1.82, 2.24) is 0 Å². The maximum atomic E-state index is 11.7. The molecule has 1 aliphatic carbocycles. The molecular formula is C13H15ClO3S. The van der Waals surface area contributed by atoms with Crippen LogP contribution < -0.4 is 0 Å². The summed E-state index contributed by atoms with van der Waals surface area (Å²) in [5, 5.41) is 0. The van der Waals surface area contributed by atoms with Gasteiger partial charge in [0, 0.05) is 0 Å². The topological polar surface area (TPSA) is 43.4 Å². The van der Waals surface area contributed by atoms with Crippen molar-refractivity contribution in [3.05, 3.63) is 21.3 Å². The second-order valence-corrected chi connectivity index (χ2v) is 6.18. The predicted octanol–water partition coefficient (Wildman–Crippen LogP) is 3.71. The van der Waals surface area contributed by atoms with Crippen LogP contribution in [0.4, 0.5) is 0 Å². The van der Waals surface area contributed by atoms with Crippen LogP contribution in [0.2, 0.25) is 4.34 Å². The fourth-order valence-electron chi connectivity index (χ4n) is 2.13. The zero-order chi connectivity index (χ0) is 13.0. The van der Waals surface area contributed by atoms with E-state index >= 15 is 0 Å². The molecule has 0 aliphatic heterocycles. The number of ketones is 1. The van der Waals surface area contributed by atoms with E-state index in [-0.39, 0.29) is 24.3 Å². The number of Topliss-reactive ketones (excluding diaryl/α,β-unsaturated/α-hetero) is 1. The minimum atomic E-state index is -0.231. The van der Waals surface area contributed by atoms with E-state index in [1.165, 1.54) is 17.8 Å². The number of carbonyl (C=O) groups excluding carboxylic acids is 2. The molecule has 5 heteroatoms. The number of thiophene rings is 1. The standard InChI is InChI=1S/C13H15ClO3S/c14-12-7-6-11(18-12)10(15)8-17-13(16)9-4-2-1-3-5-9/h6-7,9H,1-5,8H2. The van der Waals surface area contributed by atoms with Crippen LogP contribution in [-0.4, -0.2) is 18.4 Å². The highest BCUT2D eigenvalue weighted by atomic mass is 35.5. The van der Waals surface area contributed by atoms with Gasteiger partial charge < -0.3 is 4.74 Å². The maximum Gasteiger partial charge on any atom is 0.309 e. The summed E-state index contributed by atoms with van der Waals surface area (Å²) in [4.78, 5) is 24.0. The highest BCUT2D eigenvalue weighted by Crippen LogP contribution is 2.25. The number of ether oxygens (including phenoxy) is 1. The Bertz CT molecular complexity index is 435. The van der Waals surface area contributed by atoms with Gasteiger partial charge in [-0.2, -0.15) is 0 Å². The third-order valence-corrected chi connectivity index (χ3v) is 4.40. The summed E-state index contributed by atoms with van der Waals surface area (Å²) in [6, 6.07) is 3.33. The zero-order valence-electron chi connectivity index (χ0n) is 9.99. The molecule has 0 saturated heterocycles. The SMILES string of the molecule is O=C(COC(=O)C1CCCCC1)c1ccc(Cl)s1. The van der Waals surface area contributed by atoms with Crippen LogP contribution in [-0.2, 0) is 9.53 Å². The molecule has 98 valence electrons. The molecular weight excluding hydrogens is 272 g/mol. The quantitative estimate of drug-likeness (QED) is 0.626. The van der Waals surface area contributed by atoms with E-state index in [1.54, 1.807) is 12.1 Å². The molecule has 2 rings (SSSR count). The molecule has 1 heterocycles. The van der Waals surface area contributed by atoms with Gasteiger partial charge in [0.25, 0.3) is 0 Å². The first kappa shape index (κ1) is 13.6. The molecule has 3 nitrogen and oxygen atoms in total. The lowest BCUT2D eigenvalue weighted by molar-refractivity contribution is -0.148. The van der Waals surface area contributed by atoms with Gasteiger partial charge >= 0.3 is 5.97 Å². The first-order valence-corrected chi connectivity index (χ1v) is 7.31. The molecule has 18 heavy (non-hydrogen) atoms. The molecule has 0 spiro atoms. The average molecular weight is 287 g/mol. The highest BCUT2D eigenvalue weighted by molar-refractivity contribution is 7.18. The largest absolute Gasteiger partial charge is 0.457 e. The lowest BCUT2D eigenvalue weighted by Gasteiger charge is -2.19. The molecule has 0 aromatic carbocycles. The maximum absolute atomic E-state index is 11.7. The predicted molar refractivity (Wildman–Crippen MR) is 71.2 cm³/mol.